The maximum absolute atomic E-state index is 10.3. The lowest BCUT2D eigenvalue weighted by molar-refractivity contribution is 0.477. The van der Waals surface area contributed by atoms with Gasteiger partial charge in [-0.2, -0.15) is 5.10 Å². The van der Waals surface area contributed by atoms with Crippen LogP contribution in [0.2, 0.25) is 0 Å². The van der Waals surface area contributed by atoms with Gasteiger partial charge in [0.15, 0.2) is 0 Å². The van der Waals surface area contributed by atoms with Gasteiger partial charge in [-0.15, -0.1) is 11.3 Å². The van der Waals surface area contributed by atoms with Gasteiger partial charge in [0.2, 0.25) is 0 Å². The molecule has 0 aliphatic rings. The summed E-state index contributed by atoms with van der Waals surface area (Å²) in [5, 5.41) is 15.0. The molecule has 1 N–H and O–H groups in total. The maximum Gasteiger partial charge on any atom is 0.124 e. The molecule has 0 aliphatic heterocycles. The van der Waals surface area contributed by atoms with E-state index < -0.39 is 0 Å². The Hall–Kier alpha value is -3.11. The van der Waals surface area contributed by atoms with E-state index >= 15 is 0 Å². The molecule has 128 valence electrons. The van der Waals surface area contributed by atoms with Crippen LogP contribution in [-0.2, 0) is 0 Å². The molecule has 2 aromatic heterocycles. The van der Waals surface area contributed by atoms with Gasteiger partial charge in [0.05, 0.1) is 17.1 Å². The summed E-state index contributed by atoms with van der Waals surface area (Å²) in [7, 11) is 0. The molecule has 0 bridgehead atoms. The van der Waals surface area contributed by atoms with Crippen LogP contribution in [0.1, 0.15) is 15.4 Å². The summed E-state index contributed by atoms with van der Waals surface area (Å²) in [6.07, 6.45) is 4.08. The van der Waals surface area contributed by atoms with E-state index in [-0.39, 0.29) is 5.75 Å². The van der Waals surface area contributed by atoms with Crippen LogP contribution >= 0.6 is 11.3 Å². The number of thiophene rings is 1. The Bertz CT molecular complexity index is 1060. The molecule has 0 saturated carbocycles. The number of benzene rings is 2. The minimum Gasteiger partial charge on any atom is -0.507 e. The third-order valence-corrected chi connectivity index (χ3v) is 5.05. The minimum absolute atomic E-state index is 0.244. The van der Waals surface area contributed by atoms with Crippen LogP contribution in [0.5, 0.6) is 5.75 Å². The number of aryl methyl sites for hydroxylation is 1. The van der Waals surface area contributed by atoms with Gasteiger partial charge < -0.3 is 5.11 Å². The second-order valence-corrected chi connectivity index (χ2v) is 7.32. The summed E-state index contributed by atoms with van der Waals surface area (Å²) >= 11 is 1.75. The molecule has 4 heteroatoms. The molecule has 4 aromatic rings. The van der Waals surface area contributed by atoms with E-state index in [0.29, 0.717) is 0 Å². The molecule has 3 nitrogen and oxygen atoms in total. The molecule has 0 fully saturated rings. The Morgan fingerprint density at radius 1 is 0.923 bits per heavy atom. The summed E-state index contributed by atoms with van der Waals surface area (Å²) in [6.45, 7) is 2.10. The Balaban J connectivity index is 1.80. The van der Waals surface area contributed by atoms with Crippen LogP contribution in [0.3, 0.4) is 0 Å². The first-order valence-corrected chi connectivity index (χ1v) is 9.21. The normalized spacial score (nSPS) is 11.3. The van der Waals surface area contributed by atoms with Crippen LogP contribution < -0.4 is 0 Å². The number of phenolic OH excluding ortho intramolecular Hbond substituents is 1. The average Bonchev–Trinajstić information content (AvgIpc) is 3.27. The zero-order valence-corrected chi connectivity index (χ0v) is 15.1. The molecule has 0 aliphatic carbocycles. The van der Waals surface area contributed by atoms with E-state index in [1.54, 1.807) is 17.4 Å². The van der Waals surface area contributed by atoms with Crippen molar-refractivity contribution in [1.29, 1.82) is 0 Å². The lowest BCUT2D eigenvalue weighted by Crippen LogP contribution is -1.98. The van der Waals surface area contributed by atoms with Crippen LogP contribution in [0.4, 0.5) is 0 Å². The Labute approximate surface area is 156 Å². The smallest absolute Gasteiger partial charge is 0.124 e. The van der Waals surface area contributed by atoms with Crippen molar-refractivity contribution in [3.05, 3.63) is 88.2 Å². The molecule has 0 atom stereocenters. The van der Waals surface area contributed by atoms with Crippen LogP contribution in [0, 0.1) is 6.92 Å². The molecule has 0 saturated heterocycles. The molecule has 4 rings (SSSR count). The van der Waals surface area contributed by atoms with Crippen molar-refractivity contribution in [2.24, 2.45) is 0 Å². The zero-order chi connectivity index (χ0) is 17.9. The molecule has 26 heavy (non-hydrogen) atoms. The molecule has 0 amide bonds. The number of rotatable bonds is 4. The third-order valence-electron chi connectivity index (χ3n) is 4.09. The molecular weight excluding hydrogens is 340 g/mol. The first-order valence-electron chi connectivity index (χ1n) is 8.39. The quantitative estimate of drug-likeness (QED) is 0.502. The molecule has 0 unspecified atom stereocenters. The summed E-state index contributed by atoms with van der Waals surface area (Å²) < 4.78 is 1.87. The van der Waals surface area contributed by atoms with Gasteiger partial charge in [0, 0.05) is 15.3 Å². The predicted octanol–water partition coefficient (Wildman–Crippen LogP) is 5.79. The van der Waals surface area contributed by atoms with Gasteiger partial charge >= 0.3 is 0 Å². The van der Waals surface area contributed by atoms with Crippen molar-refractivity contribution in [2.75, 3.05) is 0 Å². The molecule has 2 heterocycles. The highest BCUT2D eigenvalue weighted by molar-refractivity contribution is 7.12. The van der Waals surface area contributed by atoms with Crippen molar-refractivity contribution >= 4 is 23.5 Å². The largest absolute Gasteiger partial charge is 0.507 e. The topological polar surface area (TPSA) is 38.0 Å². The van der Waals surface area contributed by atoms with Gasteiger partial charge in [-0.25, -0.2) is 4.68 Å². The number of para-hydroxylation sites is 2. The predicted molar refractivity (Wildman–Crippen MR) is 109 cm³/mol. The van der Waals surface area contributed by atoms with E-state index in [1.807, 2.05) is 65.4 Å². The molecule has 2 aromatic carbocycles. The fourth-order valence-electron chi connectivity index (χ4n) is 2.84. The van der Waals surface area contributed by atoms with Gasteiger partial charge in [0.25, 0.3) is 0 Å². The van der Waals surface area contributed by atoms with Crippen molar-refractivity contribution in [2.45, 2.75) is 6.92 Å². The first-order chi connectivity index (χ1) is 12.7. The van der Waals surface area contributed by atoms with Gasteiger partial charge in [-0.05, 0) is 61.5 Å². The van der Waals surface area contributed by atoms with E-state index in [2.05, 4.69) is 25.1 Å². The van der Waals surface area contributed by atoms with Gasteiger partial charge in [-0.3, -0.25) is 0 Å². The lowest BCUT2D eigenvalue weighted by Gasteiger charge is -2.08. The average molecular weight is 358 g/mol. The number of aromatic nitrogens is 2. The SMILES string of the molecule is Cc1ccc(/C=C/c2cc(-c3ccccc3O)n(-c3ccccc3)n2)s1. The molecule has 0 spiro atoms. The van der Waals surface area contributed by atoms with E-state index in [9.17, 15) is 5.11 Å². The third kappa shape index (κ3) is 3.32. The maximum atomic E-state index is 10.3. The second kappa shape index (κ2) is 7.02. The van der Waals surface area contributed by atoms with E-state index in [0.717, 1.165) is 22.6 Å². The number of phenols is 1. The van der Waals surface area contributed by atoms with Crippen molar-refractivity contribution in [1.82, 2.24) is 9.78 Å². The minimum atomic E-state index is 0.244. The van der Waals surface area contributed by atoms with Crippen LogP contribution in [0.25, 0.3) is 29.1 Å². The summed E-state index contributed by atoms with van der Waals surface area (Å²) in [6, 6.07) is 23.5. The highest BCUT2D eigenvalue weighted by atomic mass is 32.1. The van der Waals surface area contributed by atoms with E-state index in [1.165, 1.54) is 9.75 Å². The van der Waals surface area contributed by atoms with Gasteiger partial charge in [-0.1, -0.05) is 30.3 Å². The monoisotopic (exact) mass is 358 g/mol. The second-order valence-electron chi connectivity index (χ2n) is 6.00. The van der Waals surface area contributed by atoms with Crippen LogP contribution in [-0.4, -0.2) is 14.9 Å². The standard InChI is InChI=1S/C22H18N2OS/c1-16-11-13-19(26-16)14-12-17-15-21(20-9-5-6-10-22(20)25)24(23-17)18-7-3-2-4-8-18/h2-15,25H,1H3/b14-12+. The Morgan fingerprint density at radius 3 is 2.42 bits per heavy atom. The summed E-state index contributed by atoms with van der Waals surface area (Å²) in [4.78, 5) is 2.48. The summed E-state index contributed by atoms with van der Waals surface area (Å²) in [5.41, 5.74) is 3.42. The fourth-order valence-corrected chi connectivity index (χ4v) is 3.62. The first kappa shape index (κ1) is 16.4. The number of hydrogen-bond donors (Lipinski definition) is 1. The highest BCUT2D eigenvalue weighted by Crippen LogP contribution is 2.31. The number of nitrogens with zero attached hydrogens (tertiary/aromatic N) is 2. The van der Waals surface area contributed by atoms with Crippen LogP contribution in [0.15, 0.2) is 72.8 Å². The molecule has 0 radical (unpaired) electrons. The lowest BCUT2D eigenvalue weighted by atomic mass is 10.1. The highest BCUT2D eigenvalue weighted by Gasteiger charge is 2.13. The van der Waals surface area contributed by atoms with Gasteiger partial charge in [0.1, 0.15) is 5.75 Å². The summed E-state index contributed by atoms with van der Waals surface area (Å²) in [5.74, 6) is 0.244. The fraction of sp³-hybridized carbons (Fsp3) is 0.0455. The Kier molecular flexibility index (Phi) is 4.42. The number of hydrogen-bond acceptors (Lipinski definition) is 3. The Morgan fingerprint density at radius 2 is 1.69 bits per heavy atom. The molecular formula is C22H18N2OS. The van der Waals surface area contributed by atoms with Crippen molar-refractivity contribution in [3.63, 3.8) is 0 Å². The zero-order valence-electron chi connectivity index (χ0n) is 14.3. The van der Waals surface area contributed by atoms with Crippen molar-refractivity contribution < 1.29 is 5.11 Å². The van der Waals surface area contributed by atoms with E-state index in [4.69, 9.17) is 5.10 Å². The number of aromatic hydroxyl groups is 1. The van der Waals surface area contributed by atoms with Crippen molar-refractivity contribution in [3.8, 4) is 22.7 Å².